The van der Waals surface area contributed by atoms with E-state index >= 15 is 0 Å². The van der Waals surface area contributed by atoms with E-state index in [1.807, 2.05) is 43.0 Å². The number of benzene rings is 1. The summed E-state index contributed by atoms with van der Waals surface area (Å²) in [6.07, 6.45) is -2.71. The highest BCUT2D eigenvalue weighted by Gasteiger charge is 2.34. The first-order valence-corrected chi connectivity index (χ1v) is 11.6. The van der Waals surface area contributed by atoms with Crippen molar-refractivity contribution >= 4 is 11.7 Å². The van der Waals surface area contributed by atoms with Crippen molar-refractivity contribution in [3.63, 3.8) is 0 Å². The molecule has 1 aromatic carbocycles. The minimum atomic E-state index is -4.51. The number of halogens is 3. The fourth-order valence-electron chi connectivity index (χ4n) is 3.74. The van der Waals surface area contributed by atoms with E-state index < -0.39 is 17.8 Å². The molecule has 1 fully saturated rings. The summed E-state index contributed by atoms with van der Waals surface area (Å²) in [6, 6.07) is 9.91. The van der Waals surface area contributed by atoms with E-state index in [0.29, 0.717) is 36.9 Å². The highest BCUT2D eigenvalue weighted by molar-refractivity contribution is 5.83. The van der Waals surface area contributed by atoms with Crippen LogP contribution in [0.2, 0.25) is 0 Å². The Labute approximate surface area is 194 Å². The van der Waals surface area contributed by atoms with E-state index in [9.17, 15) is 18.0 Å². The number of carbonyl (C=O) groups excluding carboxylic acids is 1. The number of aromatic nitrogens is 1. The van der Waals surface area contributed by atoms with Gasteiger partial charge in [-0.15, -0.1) is 0 Å². The third-order valence-corrected chi connectivity index (χ3v) is 5.86. The van der Waals surface area contributed by atoms with Gasteiger partial charge in [0.25, 0.3) is 0 Å². The number of rotatable bonds is 6. The molecular weight excluding hydrogens is 429 g/mol. The fraction of sp³-hybridized carbons (Fsp3) is 0.520. The zero-order valence-corrected chi connectivity index (χ0v) is 19.9. The van der Waals surface area contributed by atoms with Crippen LogP contribution in [-0.4, -0.2) is 24.0 Å². The van der Waals surface area contributed by atoms with E-state index in [1.165, 1.54) is 6.07 Å². The van der Waals surface area contributed by atoms with Gasteiger partial charge in [-0.05, 0) is 42.9 Å². The lowest BCUT2D eigenvalue weighted by molar-refractivity contribution is -0.141. The van der Waals surface area contributed by atoms with Crippen LogP contribution in [0.4, 0.5) is 19.0 Å². The number of pyridine rings is 1. The number of piperidine rings is 1. The Balaban J connectivity index is 0.00000187. The Morgan fingerprint density at radius 2 is 1.88 bits per heavy atom. The van der Waals surface area contributed by atoms with Gasteiger partial charge >= 0.3 is 6.18 Å². The van der Waals surface area contributed by atoms with Crippen molar-refractivity contribution in [3.8, 4) is 0 Å². The molecule has 8 heteroatoms. The van der Waals surface area contributed by atoms with E-state index in [4.69, 9.17) is 5.73 Å². The van der Waals surface area contributed by atoms with Crippen LogP contribution in [0.3, 0.4) is 0 Å². The second-order valence-electron chi connectivity index (χ2n) is 8.24. The maximum atomic E-state index is 13.2. The van der Waals surface area contributed by atoms with Gasteiger partial charge < -0.3 is 16.0 Å². The quantitative estimate of drug-likeness (QED) is 0.613. The summed E-state index contributed by atoms with van der Waals surface area (Å²) < 4.78 is 39.7. The number of nitrogens with two attached hydrogens (primary N) is 1. The zero-order valence-electron chi connectivity index (χ0n) is 19.9. The standard InChI is InChI=1S/C23H29F3N4O.C2H6/c1-15-8-10-30(11-9-15)21-19(6-7-20(29-21)23(24,25)26)14-28-22(31)16(2)18-5-3-4-17(12-18)13-27;1-2/h3-7,12,15-16H,8-11,13-14,27H2,1-2H3,(H,28,31);1-2H3. The van der Waals surface area contributed by atoms with Crippen molar-refractivity contribution in [1.29, 1.82) is 0 Å². The smallest absolute Gasteiger partial charge is 0.356 e. The molecule has 0 aliphatic carbocycles. The normalized spacial score (nSPS) is 15.5. The predicted octanol–water partition coefficient (Wildman–Crippen LogP) is 5.24. The lowest BCUT2D eigenvalue weighted by atomic mass is 9.98. The molecule has 2 heterocycles. The molecule has 1 aromatic heterocycles. The molecule has 0 radical (unpaired) electrons. The molecule has 33 heavy (non-hydrogen) atoms. The van der Waals surface area contributed by atoms with Crippen LogP contribution >= 0.6 is 0 Å². The summed E-state index contributed by atoms with van der Waals surface area (Å²) in [4.78, 5) is 18.5. The highest BCUT2D eigenvalue weighted by Crippen LogP contribution is 2.32. The summed E-state index contributed by atoms with van der Waals surface area (Å²) in [5, 5.41) is 2.86. The predicted molar refractivity (Wildman–Crippen MR) is 126 cm³/mol. The van der Waals surface area contributed by atoms with Crippen LogP contribution in [0.15, 0.2) is 36.4 Å². The molecule has 1 saturated heterocycles. The summed E-state index contributed by atoms with van der Waals surface area (Å²) in [7, 11) is 0. The van der Waals surface area contributed by atoms with E-state index in [0.717, 1.165) is 30.0 Å². The number of amides is 1. The van der Waals surface area contributed by atoms with Gasteiger partial charge in [0.1, 0.15) is 11.5 Å². The van der Waals surface area contributed by atoms with E-state index in [2.05, 4.69) is 17.2 Å². The topological polar surface area (TPSA) is 71.2 Å². The molecule has 1 unspecified atom stereocenters. The monoisotopic (exact) mass is 464 g/mol. The first-order chi connectivity index (χ1) is 15.7. The van der Waals surface area contributed by atoms with Crippen molar-refractivity contribution in [2.24, 2.45) is 11.7 Å². The minimum absolute atomic E-state index is 0.117. The number of hydrogen-bond acceptors (Lipinski definition) is 4. The first-order valence-electron chi connectivity index (χ1n) is 11.6. The minimum Gasteiger partial charge on any atom is -0.356 e. The number of carbonyl (C=O) groups is 1. The van der Waals surface area contributed by atoms with Gasteiger partial charge in [-0.1, -0.05) is 51.1 Å². The van der Waals surface area contributed by atoms with Crippen LogP contribution < -0.4 is 16.0 Å². The summed E-state index contributed by atoms with van der Waals surface area (Å²) in [5.74, 6) is 0.232. The van der Waals surface area contributed by atoms with Crippen LogP contribution in [0.25, 0.3) is 0 Å². The number of nitrogens with zero attached hydrogens (tertiary/aromatic N) is 2. The average molecular weight is 465 g/mol. The molecule has 2 aromatic rings. The summed E-state index contributed by atoms with van der Waals surface area (Å²) in [5.41, 5.74) is 7.12. The van der Waals surface area contributed by atoms with Crippen LogP contribution in [-0.2, 0) is 24.1 Å². The highest BCUT2D eigenvalue weighted by atomic mass is 19.4. The van der Waals surface area contributed by atoms with Gasteiger partial charge in [-0.2, -0.15) is 13.2 Å². The fourth-order valence-corrected chi connectivity index (χ4v) is 3.74. The van der Waals surface area contributed by atoms with Crippen molar-refractivity contribution in [2.45, 2.75) is 65.7 Å². The van der Waals surface area contributed by atoms with Gasteiger partial charge in [0.05, 0.1) is 5.92 Å². The SMILES string of the molecule is CC.CC1CCN(c2nc(C(F)(F)F)ccc2CNC(=O)C(C)c2cccc(CN)c2)CC1. The van der Waals surface area contributed by atoms with Crippen molar-refractivity contribution in [3.05, 3.63) is 58.8 Å². The third kappa shape index (κ3) is 7.19. The molecule has 182 valence electrons. The molecule has 3 rings (SSSR count). The van der Waals surface area contributed by atoms with Gasteiger partial charge in [0.15, 0.2) is 0 Å². The molecule has 0 bridgehead atoms. The Morgan fingerprint density at radius 3 is 2.48 bits per heavy atom. The Kier molecular flexibility index (Phi) is 9.70. The molecular formula is C25H35F3N4O. The Morgan fingerprint density at radius 1 is 1.21 bits per heavy atom. The largest absolute Gasteiger partial charge is 0.433 e. The van der Waals surface area contributed by atoms with Gasteiger partial charge in [-0.25, -0.2) is 4.98 Å². The molecule has 1 atom stereocenters. The van der Waals surface area contributed by atoms with Crippen LogP contribution in [0, 0.1) is 5.92 Å². The average Bonchev–Trinajstić information content (AvgIpc) is 2.83. The molecule has 0 spiro atoms. The lowest BCUT2D eigenvalue weighted by Crippen LogP contribution is -2.35. The molecule has 1 aliphatic heterocycles. The Hall–Kier alpha value is -2.61. The number of anilines is 1. The first kappa shape index (κ1) is 26.6. The van der Waals surface area contributed by atoms with E-state index in [1.54, 1.807) is 6.92 Å². The number of nitrogens with one attached hydrogen (secondary N) is 1. The maximum Gasteiger partial charge on any atom is 0.433 e. The summed E-state index contributed by atoms with van der Waals surface area (Å²) >= 11 is 0. The van der Waals surface area contributed by atoms with Crippen LogP contribution in [0.1, 0.15) is 68.8 Å². The molecule has 3 N–H and O–H groups in total. The lowest BCUT2D eigenvalue weighted by Gasteiger charge is -2.33. The molecule has 0 saturated carbocycles. The van der Waals surface area contributed by atoms with Gasteiger partial charge in [0.2, 0.25) is 5.91 Å². The number of hydrogen-bond donors (Lipinski definition) is 2. The third-order valence-electron chi connectivity index (χ3n) is 5.86. The number of alkyl halides is 3. The maximum absolute atomic E-state index is 13.2. The van der Waals surface area contributed by atoms with Gasteiger partial charge in [-0.3, -0.25) is 4.79 Å². The van der Waals surface area contributed by atoms with Crippen molar-refractivity contribution < 1.29 is 18.0 Å². The van der Waals surface area contributed by atoms with E-state index in [-0.39, 0.29) is 12.5 Å². The zero-order chi connectivity index (χ0) is 24.6. The second-order valence-corrected chi connectivity index (χ2v) is 8.24. The second kappa shape index (κ2) is 12.0. The Bertz CT molecular complexity index is 909. The molecule has 5 nitrogen and oxygen atoms in total. The molecule has 1 amide bonds. The van der Waals surface area contributed by atoms with Gasteiger partial charge in [0, 0.05) is 31.7 Å². The van der Waals surface area contributed by atoms with Crippen LogP contribution in [0.5, 0.6) is 0 Å². The van der Waals surface area contributed by atoms with Crippen molar-refractivity contribution in [1.82, 2.24) is 10.3 Å². The summed E-state index contributed by atoms with van der Waals surface area (Å²) in [6.45, 7) is 9.74. The molecule has 1 aliphatic rings. The van der Waals surface area contributed by atoms with Crippen molar-refractivity contribution in [2.75, 3.05) is 18.0 Å².